The molecular weight excluding hydrogens is 456 g/mol. The summed E-state index contributed by atoms with van der Waals surface area (Å²) in [6, 6.07) is 12.4. The van der Waals surface area contributed by atoms with Crippen molar-refractivity contribution in [2.24, 2.45) is 17.8 Å². The molecule has 3 fully saturated rings. The zero-order chi connectivity index (χ0) is 24.0. The minimum atomic E-state index is -0.428. The summed E-state index contributed by atoms with van der Waals surface area (Å²) < 4.78 is 0. The van der Waals surface area contributed by atoms with Crippen LogP contribution in [0.5, 0.6) is 0 Å². The number of halogens is 1. The lowest BCUT2D eigenvalue weighted by molar-refractivity contribution is -0.384. The Balaban J connectivity index is 1.37. The van der Waals surface area contributed by atoms with Crippen LogP contribution in [-0.4, -0.2) is 42.9 Å². The van der Waals surface area contributed by atoms with E-state index >= 15 is 0 Å². The van der Waals surface area contributed by atoms with Gasteiger partial charge in [0.05, 0.1) is 22.4 Å². The molecule has 0 unspecified atom stereocenters. The molecule has 1 saturated carbocycles. The molecule has 0 radical (unpaired) electrons. The van der Waals surface area contributed by atoms with E-state index in [0.29, 0.717) is 61.3 Å². The molecular formula is C25H27ClN4O4. The molecule has 178 valence electrons. The van der Waals surface area contributed by atoms with Crippen LogP contribution in [0.1, 0.15) is 26.2 Å². The largest absolute Gasteiger partial charge is 0.368 e. The van der Waals surface area contributed by atoms with Crippen LogP contribution in [0.2, 0.25) is 5.02 Å². The van der Waals surface area contributed by atoms with Crippen molar-refractivity contribution in [3.05, 3.63) is 57.6 Å². The van der Waals surface area contributed by atoms with Gasteiger partial charge in [-0.05, 0) is 55.5 Å². The molecule has 5 rings (SSSR count). The number of nitrogens with zero attached hydrogens (tertiary/aromatic N) is 4. The molecule has 8 nitrogen and oxygen atoms in total. The summed E-state index contributed by atoms with van der Waals surface area (Å²) in [4.78, 5) is 43.0. The van der Waals surface area contributed by atoms with E-state index in [0.717, 1.165) is 12.1 Å². The van der Waals surface area contributed by atoms with Gasteiger partial charge in [-0.2, -0.15) is 0 Å². The first-order chi connectivity index (χ1) is 16.3. The zero-order valence-electron chi connectivity index (χ0n) is 19.0. The normalized spacial score (nSPS) is 25.0. The number of piperazine rings is 1. The summed E-state index contributed by atoms with van der Waals surface area (Å²) in [7, 11) is 0. The van der Waals surface area contributed by atoms with Gasteiger partial charge in [-0.1, -0.05) is 24.6 Å². The van der Waals surface area contributed by atoms with E-state index < -0.39 is 4.92 Å². The van der Waals surface area contributed by atoms with E-state index in [2.05, 4.69) is 11.8 Å². The van der Waals surface area contributed by atoms with Gasteiger partial charge in [-0.3, -0.25) is 19.7 Å². The van der Waals surface area contributed by atoms with E-state index in [1.54, 1.807) is 12.1 Å². The molecule has 2 aromatic carbocycles. The maximum absolute atomic E-state index is 13.1. The Morgan fingerprint density at radius 3 is 2.32 bits per heavy atom. The minimum Gasteiger partial charge on any atom is -0.368 e. The average Bonchev–Trinajstić information content (AvgIpc) is 3.08. The lowest BCUT2D eigenvalue weighted by Crippen LogP contribution is -2.46. The monoisotopic (exact) mass is 482 g/mol. The number of nitro groups is 1. The van der Waals surface area contributed by atoms with Crippen molar-refractivity contribution in [3.8, 4) is 0 Å². The number of fused-ring (bicyclic) bond motifs is 1. The molecule has 2 amide bonds. The van der Waals surface area contributed by atoms with Crippen LogP contribution in [0.3, 0.4) is 0 Å². The van der Waals surface area contributed by atoms with E-state index in [9.17, 15) is 19.7 Å². The number of rotatable bonds is 4. The van der Waals surface area contributed by atoms with E-state index in [-0.39, 0.29) is 29.3 Å². The van der Waals surface area contributed by atoms with Crippen molar-refractivity contribution in [2.45, 2.75) is 26.2 Å². The summed E-state index contributed by atoms with van der Waals surface area (Å²) in [5.74, 6) is -0.658. The minimum absolute atomic E-state index is 0.0856. The summed E-state index contributed by atoms with van der Waals surface area (Å²) in [6.07, 6.45) is 2.32. The molecule has 2 aromatic rings. The van der Waals surface area contributed by atoms with Crippen LogP contribution in [0.25, 0.3) is 0 Å². The summed E-state index contributed by atoms with van der Waals surface area (Å²) >= 11 is 6.12. The van der Waals surface area contributed by atoms with E-state index in [1.165, 1.54) is 11.0 Å². The average molecular weight is 483 g/mol. The Bertz CT molecular complexity index is 1150. The van der Waals surface area contributed by atoms with Crippen LogP contribution in [0.4, 0.5) is 22.7 Å². The summed E-state index contributed by atoms with van der Waals surface area (Å²) in [5.41, 5.74) is 1.74. The van der Waals surface area contributed by atoms with Gasteiger partial charge in [0, 0.05) is 43.0 Å². The second-order valence-corrected chi connectivity index (χ2v) is 9.96. The van der Waals surface area contributed by atoms with Crippen molar-refractivity contribution in [1.82, 2.24) is 0 Å². The Morgan fingerprint density at radius 2 is 1.62 bits per heavy atom. The third-order valence-corrected chi connectivity index (χ3v) is 7.63. The predicted molar refractivity (Wildman–Crippen MR) is 131 cm³/mol. The zero-order valence-corrected chi connectivity index (χ0v) is 19.8. The molecule has 34 heavy (non-hydrogen) atoms. The molecule has 2 aliphatic heterocycles. The standard InChI is InChI=1S/C25H27ClN4O4/c1-16-5-7-20-21(13-16)25(32)29(24(20)31)19-6-8-22(23(15-19)30(33)34)28-11-9-27(10-12-28)18-4-2-3-17(26)14-18/h2-4,6,8,14-16,20-21H,5,7,9-13H2,1H3/t16-,20-,21-/m1/s1. The van der Waals surface area contributed by atoms with Gasteiger partial charge in [-0.25, -0.2) is 4.90 Å². The molecule has 0 N–H and O–H groups in total. The van der Waals surface area contributed by atoms with Gasteiger partial charge in [0.15, 0.2) is 0 Å². The number of amides is 2. The van der Waals surface area contributed by atoms with Crippen molar-refractivity contribution in [2.75, 3.05) is 40.9 Å². The highest BCUT2D eigenvalue weighted by atomic mass is 35.5. The Hall–Kier alpha value is -3.13. The van der Waals surface area contributed by atoms with Crippen LogP contribution < -0.4 is 14.7 Å². The van der Waals surface area contributed by atoms with Crippen LogP contribution in [0, 0.1) is 27.9 Å². The first-order valence-electron chi connectivity index (χ1n) is 11.7. The third kappa shape index (κ3) is 4.00. The van der Waals surface area contributed by atoms with Gasteiger partial charge in [0.25, 0.3) is 5.69 Å². The highest BCUT2D eigenvalue weighted by Gasteiger charge is 2.50. The molecule has 3 aliphatic rings. The highest BCUT2D eigenvalue weighted by Crippen LogP contribution is 2.43. The first-order valence-corrected chi connectivity index (χ1v) is 12.1. The van der Waals surface area contributed by atoms with Gasteiger partial charge >= 0.3 is 0 Å². The topological polar surface area (TPSA) is 87.0 Å². The van der Waals surface area contributed by atoms with Crippen LogP contribution in [0.15, 0.2) is 42.5 Å². The molecule has 0 bridgehead atoms. The molecule has 9 heteroatoms. The molecule has 3 atom stereocenters. The number of benzene rings is 2. The fourth-order valence-electron chi connectivity index (χ4n) is 5.59. The molecule has 2 saturated heterocycles. The maximum atomic E-state index is 13.1. The van der Waals surface area contributed by atoms with E-state index in [1.807, 2.05) is 29.2 Å². The number of imide groups is 1. The number of anilines is 3. The molecule has 0 aromatic heterocycles. The second-order valence-electron chi connectivity index (χ2n) is 9.53. The Morgan fingerprint density at radius 1 is 0.912 bits per heavy atom. The molecule has 0 spiro atoms. The lowest BCUT2D eigenvalue weighted by Gasteiger charge is -2.37. The molecule has 2 heterocycles. The Labute approximate surface area is 203 Å². The van der Waals surface area contributed by atoms with Crippen molar-refractivity contribution in [3.63, 3.8) is 0 Å². The fourth-order valence-corrected chi connectivity index (χ4v) is 5.77. The lowest BCUT2D eigenvalue weighted by atomic mass is 9.76. The smallest absolute Gasteiger partial charge is 0.294 e. The fraction of sp³-hybridized carbons (Fsp3) is 0.440. The van der Waals surface area contributed by atoms with Gasteiger partial charge < -0.3 is 9.80 Å². The van der Waals surface area contributed by atoms with Gasteiger partial charge in [0.2, 0.25) is 11.8 Å². The third-order valence-electron chi connectivity index (χ3n) is 7.40. The number of hydrogen-bond donors (Lipinski definition) is 0. The highest BCUT2D eigenvalue weighted by molar-refractivity contribution is 6.30. The number of carbonyl (C=O) groups excluding carboxylic acids is 2. The number of carbonyl (C=O) groups is 2. The quantitative estimate of drug-likeness (QED) is 0.362. The van der Waals surface area contributed by atoms with Gasteiger partial charge in [0.1, 0.15) is 5.69 Å². The van der Waals surface area contributed by atoms with E-state index in [4.69, 9.17) is 11.6 Å². The first kappa shape index (κ1) is 22.7. The van der Waals surface area contributed by atoms with Crippen LogP contribution in [-0.2, 0) is 9.59 Å². The van der Waals surface area contributed by atoms with Crippen molar-refractivity contribution < 1.29 is 14.5 Å². The van der Waals surface area contributed by atoms with Crippen molar-refractivity contribution in [1.29, 1.82) is 0 Å². The SMILES string of the molecule is C[C@@H]1CC[C@H]2C(=O)N(c3ccc(N4CCN(c5cccc(Cl)c5)CC4)c([N+](=O)[O-])c3)C(=O)[C@@H]2C1. The summed E-state index contributed by atoms with van der Waals surface area (Å²) in [5, 5.41) is 12.6. The van der Waals surface area contributed by atoms with Crippen LogP contribution >= 0.6 is 11.6 Å². The molecule has 1 aliphatic carbocycles. The summed E-state index contributed by atoms with van der Waals surface area (Å²) in [6.45, 7) is 4.71. The van der Waals surface area contributed by atoms with Crippen molar-refractivity contribution >= 4 is 46.2 Å². The number of nitro benzene ring substituents is 1. The second kappa shape index (κ2) is 8.91. The van der Waals surface area contributed by atoms with Gasteiger partial charge in [-0.15, -0.1) is 0 Å². The Kier molecular flexibility index (Phi) is 5.93. The number of hydrogen-bond acceptors (Lipinski definition) is 6. The predicted octanol–water partition coefficient (Wildman–Crippen LogP) is 4.50. The maximum Gasteiger partial charge on any atom is 0.294 e.